The SMILES string of the molecule is CCNC(Cc1cccc(F)c1)c1cc(C)nn1C. The van der Waals surface area contributed by atoms with Crippen LogP contribution in [-0.4, -0.2) is 16.3 Å². The fraction of sp³-hybridized carbons (Fsp3) is 0.400. The average molecular weight is 261 g/mol. The van der Waals surface area contributed by atoms with E-state index in [9.17, 15) is 4.39 Å². The molecule has 19 heavy (non-hydrogen) atoms. The summed E-state index contributed by atoms with van der Waals surface area (Å²) in [5.74, 6) is -0.186. The van der Waals surface area contributed by atoms with Gasteiger partial charge in [0.05, 0.1) is 17.4 Å². The highest BCUT2D eigenvalue weighted by molar-refractivity contribution is 5.21. The summed E-state index contributed by atoms with van der Waals surface area (Å²) in [6.07, 6.45) is 0.755. The molecule has 0 aliphatic carbocycles. The number of hydrogen-bond donors (Lipinski definition) is 1. The van der Waals surface area contributed by atoms with E-state index in [4.69, 9.17) is 0 Å². The number of nitrogens with zero attached hydrogens (tertiary/aromatic N) is 2. The minimum atomic E-state index is -0.186. The van der Waals surface area contributed by atoms with E-state index in [1.807, 2.05) is 24.7 Å². The van der Waals surface area contributed by atoms with E-state index < -0.39 is 0 Å². The van der Waals surface area contributed by atoms with Crippen molar-refractivity contribution >= 4 is 0 Å². The monoisotopic (exact) mass is 261 g/mol. The van der Waals surface area contributed by atoms with Crippen molar-refractivity contribution in [1.29, 1.82) is 0 Å². The summed E-state index contributed by atoms with van der Waals surface area (Å²) < 4.78 is 15.1. The maximum atomic E-state index is 13.3. The molecular weight excluding hydrogens is 241 g/mol. The van der Waals surface area contributed by atoms with Gasteiger partial charge in [0.15, 0.2) is 0 Å². The minimum Gasteiger partial charge on any atom is -0.309 e. The Morgan fingerprint density at radius 3 is 2.74 bits per heavy atom. The van der Waals surface area contributed by atoms with Crippen LogP contribution in [0.25, 0.3) is 0 Å². The fourth-order valence-corrected chi connectivity index (χ4v) is 2.38. The third-order valence-electron chi connectivity index (χ3n) is 3.17. The van der Waals surface area contributed by atoms with Crippen molar-refractivity contribution in [1.82, 2.24) is 15.1 Å². The van der Waals surface area contributed by atoms with Crippen molar-refractivity contribution in [2.45, 2.75) is 26.3 Å². The van der Waals surface area contributed by atoms with Gasteiger partial charge in [0.25, 0.3) is 0 Å². The molecule has 3 nitrogen and oxygen atoms in total. The quantitative estimate of drug-likeness (QED) is 0.897. The molecule has 1 heterocycles. The molecule has 1 atom stereocenters. The number of hydrogen-bond acceptors (Lipinski definition) is 2. The molecule has 1 aromatic carbocycles. The van der Waals surface area contributed by atoms with Gasteiger partial charge in [0, 0.05) is 7.05 Å². The summed E-state index contributed by atoms with van der Waals surface area (Å²) in [7, 11) is 1.94. The Balaban J connectivity index is 2.23. The number of likely N-dealkylation sites (N-methyl/N-ethyl adjacent to an activating group) is 1. The van der Waals surface area contributed by atoms with Crippen molar-refractivity contribution in [2.75, 3.05) is 6.54 Å². The van der Waals surface area contributed by atoms with Gasteiger partial charge < -0.3 is 5.32 Å². The van der Waals surface area contributed by atoms with Crippen LogP contribution in [0.2, 0.25) is 0 Å². The molecule has 102 valence electrons. The van der Waals surface area contributed by atoms with Gasteiger partial charge in [-0.3, -0.25) is 4.68 Å². The molecule has 0 saturated carbocycles. The van der Waals surface area contributed by atoms with Crippen molar-refractivity contribution in [2.24, 2.45) is 7.05 Å². The van der Waals surface area contributed by atoms with Gasteiger partial charge in [0.2, 0.25) is 0 Å². The first-order valence-electron chi connectivity index (χ1n) is 6.58. The fourth-order valence-electron chi connectivity index (χ4n) is 2.38. The van der Waals surface area contributed by atoms with E-state index in [0.29, 0.717) is 0 Å². The van der Waals surface area contributed by atoms with Crippen LogP contribution in [0.1, 0.15) is 29.9 Å². The molecule has 0 radical (unpaired) electrons. The Morgan fingerprint density at radius 2 is 2.16 bits per heavy atom. The van der Waals surface area contributed by atoms with Crippen LogP contribution in [0.3, 0.4) is 0 Å². The van der Waals surface area contributed by atoms with E-state index in [0.717, 1.165) is 29.9 Å². The lowest BCUT2D eigenvalue weighted by molar-refractivity contribution is 0.506. The van der Waals surface area contributed by atoms with Crippen LogP contribution in [0.15, 0.2) is 30.3 Å². The first-order chi connectivity index (χ1) is 9.10. The van der Waals surface area contributed by atoms with Crippen molar-refractivity contribution < 1.29 is 4.39 Å². The van der Waals surface area contributed by atoms with Gasteiger partial charge in [-0.2, -0.15) is 5.10 Å². The lowest BCUT2D eigenvalue weighted by Gasteiger charge is -2.18. The molecule has 1 unspecified atom stereocenters. The second-order valence-electron chi connectivity index (χ2n) is 4.78. The molecule has 4 heteroatoms. The third kappa shape index (κ3) is 3.41. The normalized spacial score (nSPS) is 12.6. The lowest BCUT2D eigenvalue weighted by Crippen LogP contribution is -2.25. The molecule has 0 fully saturated rings. The highest BCUT2D eigenvalue weighted by atomic mass is 19.1. The summed E-state index contributed by atoms with van der Waals surface area (Å²) in [5, 5.41) is 7.81. The summed E-state index contributed by atoms with van der Waals surface area (Å²) >= 11 is 0. The summed E-state index contributed by atoms with van der Waals surface area (Å²) in [6, 6.07) is 9.00. The Labute approximate surface area is 113 Å². The van der Waals surface area contributed by atoms with E-state index >= 15 is 0 Å². The first kappa shape index (κ1) is 13.7. The maximum absolute atomic E-state index is 13.3. The lowest BCUT2D eigenvalue weighted by atomic mass is 10.0. The summed E-state index contributed by atoms with van der Waals surface area (Å²) in [6.45, 7) is 4.92. The molecule has 0 bridgehead atoms. The van der Waals surface area contributed by atoms with Crippen LogP contribution in [0, 0.1) is 12.7 Å². The standard InChI is InChI=1S/C15H20FN3/c1-4-17-14(15-8-11(2)18-19(15)3)10-12-6-5-7-13(16)9-12/h5-9,14,17H,4,10H2,1-3H3. The molecule has 0 aliphatic heterocycles. The number of nitrogens with one attached hydrogen (secondary N) is 1. The molecule has 2 aromatic rings. The average Bonchev–Trinajstić information content (AvgIpc) is 2.68. The van der Waals surface area contributed by atoms with Crippen LogP contribution in [-0.2, 0) is 13.5 Å². The van der Waals surface area contributed by atoms with Gasteiger partial charge in [-0.05, 0) is 43.7 Å². The van der Waals surface area contributed by atoms with Crippen molar-refractivity contribution in [3.8, 4) is 0 Å². The highest BCUT2D eigenvalue weighted by Crippen LogP contribution is 2.19. The van der Waals surface area contributed by atoms with Gasteiger partial charge in [-0.25, -0.2) is 4.39 Å². The maximum Gasteiger partial charge on any atom is 0.123 e. The van der Waals surface area contributed by atoms with Crippen LogP contribution >= 0.6 is 0 Å². The zero-order valence-electron chi connectivity index (χ0n) is 11.7. The molecular formula is C15H20FN3. The molecule has 1 aromatic heterocycles. The summed E-state index contributed by atoms with van der Waals surface area (Å²) in [4.78, 5) is 0. The van der Waals surface area contributed by atoms with Gasteiger partial charge in [0.1, 0.15) is 5.82 Å². The Morgan fingerprint density at radius 1 is 1.37 bits per heavy atom. The molecule has 0 spiro atoms. The Kier molecular flexibility index (Phi) is 4.32. The molecule has 1 N–H and O–H groups in total. The van der Waals surface area contributed by atoms with Crippen molar-refractivity contribution in [3.05, 3.63) is 53.1 Å². The third-order valence-corrected chi connectivity index (χ3v) is 3.17. The van der Waals surface area contributed by atoms with E-state index in [1.54, 1.807) is 12.1 Å². The molecule has 0 aliphatic rings. The van der Waals surface area contributed by atoms with E-state index in [-0.39, 0.29) is 11.9 Å². The predicted octanol–water partition coefficient (Wildman–Crippen LogP) is 2.76. The van der Waals surface area contributed by atoms with E-state index in [1.165, 1.54) is 6.07 Å². The Bertz CT molecular complexity index is 548. The number of rotatable bonds is 5. The first-order valence-corrected chi connectivity index (χ1v) is 6.58. The molecule has 0 saturated heterocycles. The number of aromatic nitrogens is 2. The van der Waals surface area contributed by atoms with Gasteiger partial charge in [-0.15, -0.1) is 0 Å². The smallest absolute Gasteiger partial charge is 0.123 e. The second-order valence-corrected chi connectivity index (χ2v) is 4.78. The second kappa shape index (κ2) is 5.97. The molecule has 0 amide bonds. The molecule has 2 rings (SSSR count). The Hall–Kier alpha value is -1.68. The van der Waals surface area contributed by atoms with Crippen LogP contribution in [0.5, 0.6) is 0 Å². The van der Waals surface area contributed by atoms with E-state index in [2.05, 4.69) is 23.4 Å². The summed E-state index contributed by atoms with van der Waals surface area (Å²) in [5.41, 5.74) is 3.12. The highest BCUT2D eigenvalue weighted by Gasteiger charge is 2.16. The zero-order valence-corrected chi connectivity index (χ0v) is 11.7. The van der Waals surface area contributed by atoms with Gasteiger partial charge >= 0.3 is 0 Å². The minimum absolute atomic E-state index is 0.151. The number of benzene rings is 1. The van der Waals surface area contributed by atoms with Crippen molar-refractivity contribution in [3.63, 3.8) is 0 Å². The van der Waals surface area contributed by atoms with Gasteiger partial charge in [-0.1, -0.05) is 19.1 Å². The largest absolute Gasteiger partial charge is 0.309 e. The zero-order chi connectivity index (χ0) is 13.8. The van der Waals surface area contributed by atoms with Crippen LogP contribution in [0.4, 0.5) is 4.39 Å². The predicted molar refractivity (Wildman–Crippen MR) is 74.5 cm³/mol. The number of halogens is 1. The number of aryl methyl sites for hydroxylation is 2. The van der Waals surface area contributed by atoms with Crippen LogP contribution < -0.4 is 5.32 Å². The topological polar surface area (TPSA) is 29.9 Å².